The molecule has 0 aromatic heterocycles. The first-order valence-electron chi connectivity index (χ1n) is 3.78. The van der Waals surface area contributed by atoms with Gasteiger partial charge in [-0.25, -0.2) is 0 Å². The van der Waals surface area contributed by atoms with Crippen LogP contribution in [0.1, 0.15) is 5.56 Å². The van der Waals surface area contributed by atoms with Crippen LogP contribution in [0.4, 0.5) is 0 Å². The van der Waals surface area contributed by atoms with E-state index in [9.17, 15) is 5.11 Å². The van der Waals surface area contributed by atoms with Crippen LogP contribution >= 0.6 is 0 Å². The summed E-state index contributed by atoms with van der Waals surface area (Å²) in [6, 6.07) is 9.78. The predicted octanol–water partition coefficient (Wildman–Crippen LogP) is 1.08. The van der Waals surface area contributed by atoms with Crippen LogP contribution < -0.4 is 5.11 Å². The molecule has 1 aromatic rings. The van der Waals surface area contributed by atoms with Crippen molar-refractivity contribution >= 4 is 0 Å². The molecule has 0 unspecified atom stereocenters. The summed E-state index contributed by atoms with van der Waals surface area (Å²) in [5.74, 6) is -0.279. The Morgan fingerprint density at radius 2 is 2.08 bits per heavy atom. The maximum Gasteiger partial charge on any atom is 0.0472 e. The number of hydrogen-bond donors (Lipinski definition) is 0. The highest BCUT2D eigenvalue weighted by atomic mass is 16.6. The number of allylic oxidation sites excluding steroid dienone is 1. The molecule has 0 saturated heterocycles. The lowest BCUT2D eigenvalue weighted by Crippen LogP contribution is -2.05. The van der Waals surface area contributed by atoms with Gasteiger partial charge in [-0.3, -0.25) is 0 Å². The largest absolute Gasteiger partial charge is 0.617 e. The first kappa shape index (κ1) is 8.65. The summed E-state index contributed by atoms with van der Waals surface area (Å²) in [6.07, 6.45) is 2.16. The highest BCUT2D eigenvalue weighted by Gasteiger charge is 1.85. The zero-order valence-electron chi connectivity index (χ0n) is 6.99. The van der Waals surface area contributed by atoms with Crippen LogP contribution in [-0.2, 0) is 11.2 Å². The molecule has 0 heterocycles. The van der Waals surface area contributed by atoms with E-state index < -0.39 is 0 Å². The Labute approximate surface area is 72.1 Å². The van der Waals surface area contributed by atoms with E-state index >= 15 is 0 Å². The van der Waals surface area contributed by atoms with Gasteiger partial charge in [0, 0.05) is 5.95 Å². The van der Waals surface area contributed by atoms with Gasteiger partial charge < -0.3 is 9.84 Å². The molecule has 0 aliphatic carbocycles. The topological polar surface area (TPSA) is 32.3 Å². The minimum Gasteiger partial charge on any atom is -0.617 e. The second-order valence-electron chi connectivity index (χ2n) is 2.42. The van der Waals surface area contributed by atoms with Gasteiger partial charge in [0.05, 0.1) is 0 Å². The van der Waals surface area contributed by atoms with Gasteiger partial charge in [-0.15, -0.1) is 0 Å². The van der Waals surface area contributed by atoms with Crippen molar-refractivity contribution in [1.82, 2.24) is 0 Å². The number of methoxy groups -OCH3 is 1. The van der Waals surface area contributed by atoms with E-state index in [1.807, 2.05) is 30.3 Å². The van der Waals surface area contributed by atoms with Crippen molar-refractivity contribution in [3.05, 3.63) is 47.9 Å². The molecular formula is C10H11O2-. The fourth-order valence-corrected chi connectivity index (χ4v) is 0.899. The third-order valence-corrected chi connectivity index (χ3v) is 1.55. The minimum absolute atomic E-state index is 0.279. The van der Waals surface area contributed by atoms with Crippen molar-refractivity contribution in [2.24, 2.45) is 0 Å². The molecule has 2 heteroatoms. The maximum absolute atomic E-state index is 10.7. The smallest absolute Gasteiger partial charge is 0.0472 e. The molecule has 0 aliphatic heterocycles. The molecule has 0 saturated carbocycles. The molecule has 0 bridgehead atoms. The molecule has 1 aromatic carbocycles. The van der Waals surface area contributed by atoms with Gasteiger partial charge >= 0.3 is 0 Å². The molecule has 0 aliphatic rings. The van der Waals surface area contributed by atoms with E-state index in [1.165, 1.54) is 13.2 Å². The van der Waals surface area contributed by atoms with Crippen LogP contribution in [-0.4, -0.2) is 7.11 Å². The van der Waals surface area contributed by atoms with Gasteiger partial charge in [0.1, 0.15) is 0 Å². The van der Waals surface area contributed by atoms with Crippen LogP contribution in [0.25, 0.3) is 0 Å². The Morgan fingerprint density at radius 3 is 2.67 bits per heavy atom. The van der Waals surface area contributed by atoms with Crippen LogP contribution in [0.2, 0.25) is 0 Å². The van der Waals surface area contributed by atoms with Crippen molar-refractivity contribution < 1.29 is 9.84 Å². The Kier molecular flexibility index (Phi) is 3.20. The summed E-state index contributed by atoms with van der Waals surface area (Å²) in [6.45, 7) is 0. The molecule has 2 nitrogen and oxygen atoms in total. The molecule has 0 atom stereocenters. The normalized spacial score (nSPS) is 11.2. The van der Waals surface area contributed by atoms with Crippen LogP contribution in [0.3, 0.4) is 0 Å². The number of rotatable bonds is 3. The molecule has 0 fully saturated rings. The zero-order valence-corrected chi connectivity index (χ0v) is 6.99. The highest BCUT2D eigenvalue weighted by Crippen LogP contribution is 2.00. The Hall–Kier alpha value is -1.44. The number of hydrogen-bond acceptors (Lipinski definition) is 2. The van der Waals surface area contributed by atoms with Crippen molar-refractivity contribution in [2.75, 3.05) is 7.11 Å². The molecule has 0 spiro atoms. The average molecular weight is 163 g/mol. The summed E-state index contributed by atoms with van der Waals surface area (Å²) in [5.41, 5.74) is 1.11. The second-order valence-corrected chi connectivity index (χ2v) is 2.42. The highest BCUT2D eigenvalue weighted by molar-refractivity contribution is 5.17. The van der Waals surface area contributed by atoms with Gasteiger partial charge in [0.2, 0.25) is 0 Å². The Balaban J connectivity index is 2.54. The van der Waals surface area contributed by atoms with E-state index in [1.54, 1.807) is 0 Å². The van der Waals surface area contributed by atoms with Crippen molar-refractivity contribution in [3.63, 3.8) is 0 Å². The summed E-state index contributed by atoms with van der Waals surface area (Å²) < 4.78 is 4.48. The Morgan fingerprint density at radius 1 is 1.42 bits per heavy atom. The van der Waals surface area contributed by atoms with Crippen LogP contribution in [0.5, 0.6) is 0 Å². The van der Waals surface area contributed by atoms with Crippen molar-refractivity contribution in [2.45, 2.75) is 6.42 Å². The molecule has 64 valence electrons. The predicted molar refractivity (Wildman–Crippen MR) is 45.2 cm³/mol. The van der Waals surface area contributed by atoms with Gasteiger partial charge in [-0.2, -0.15) is 0 Å². The second kappa shape index (κ2) is 4.44. The number of benzene rings is 1. The van der Waals surface area contributed by atoms with Gasteiger partial charge in [-0.05, 0) is 19.1 Å². The number of ether oxygens (including phenoxy) is 1. The third-order valence-electron chi connectivity index (χ3n) is 1.55. The van der Waals surface area contributed by atoms with Gasteiger partial charge in [0.15, 0.2) is 0 Å². The lowest BCUT2D eigenvalue weighted by atomic mass is 10.1. The molecule has 1 rings (SSSR count). The summed E-state index contributed by atoms with van der Waals surface area (Å²) in [4.78, 5) is 0. The first-order valence-corrected chi connectivity index (χ1v) is 3.78. The molecule has 12 heavy (non-hydrogen) atoms. The average Bonchev–Trinajstić information content (AvgIpc) is 2.16. The van der Waals surface area contributed by atoms with Crippen LogP contribution in [0.15, 0.2) is 42.4 Å². The molecule has 0 amide bonds. The third kappa shape index (κ3) is 2.66. The van der Waals surface area contributed by atoms with E-state index in [0.29, 0.717) is 6.42 Å². The molecule has 0 N–H and O–H groups in total. The fraction of sp³-hybridized carbons (Fsp3) is 0.200. The van der Waals surface area contributed by atoms with Crippen molar-refractivity contribution in [1.29, 1.82) is 0 Å². The van der Waals surface area contributed by atoms with Crippen molar-refractivity contribution in [3.8, 4) is 0 Å². The van der Waals surface area contributed by atoms with Crippen LogP contribution in [0, 0.1) is 0 Å². The summed E-state index contributed by atoms with van der Waals surface area (Å²) in [5, 5.41) is 10.7. The van der Waals surface area contributed by atoms with Gasteiger partial charge in [0.25, 0.3) is 0 Å². The SMILES string of the molecule is CO/C([O-])=C/Cc1ccccc1. The maximum atomic E-state index is 10.7. The van der Waals surface area contributed by atoms with Gasteiger partial charge in [-0.1, -0.05) is 36.4 Å². The summed E-state index contributed by atoms with van der Waals surface area (Å²) in [7, 11) is 1.38. The lowest BCUT2D eigenvalue weighted by molar-refractivity contribution is -0.353. The first-order chi connectivity index (χ1) is 5.83. The van der Waals surface area contributed by atoms with E-state index in [4.69, 9.17) is 0 Å². The molecular weight excluding hydrogens is 152 g/mol. The summed E-state index contributed by atoms with van der Waals surface area (Å²) >= 11 is 0. The molecule has 0 radical (unpaired) electrons. The van der Waals surface area contributed by atoms with E-state index in [0.717, 1.165) is 5.56 Å². The lowest BCUT2D eigenvalue weighted by Gasteiger charge is -2.07. The fourth-order valence-electron chi connectivity index (χ4n) is 0.899. The quantitative estimate of drug-likeness (QED) is 0.624. The van der Waals surface area contributed by atoms with E-state index in [2.05, 4.69) is 4.74 Å². The monoisotopic (exact) mass is 163 g/mol. The standard InChI is InChI=1S/C10H12O2/c1-12-10(11)8-7-9-5-3-2-4-6-9/h2-6,8,11H,7H2,1H3/p-1/b10-8+. The minimum atomic E-state index is -0.279. The van der Waals surface area contributed by atoms with E-state index in [-0.39, 0.29) is 5.95 Å². The Bertz CT molecular complexity index is 252. The zero-order chi connectivity index (χ0) is 8.81.